The van der Waals surface area contributed by atoms with Crippen molar-refractivity contribution >= 4 is 27.8 Å². The number of hydrogen-bond acceptors (Lipinski definition) is 3. The number of furan rings is 1. The Labute approximate surface area is 325 Å². The zero-order valence-corrected chi connectivity index (χ0v) is 30.6. The van der Waals surface area contributed by atoms with Gasteiger partial charge in [-0.2, -0.15) is 0 Å². The van der Waals surface area contributed by atoms with E-state index in [1.165, 1.54) is 44.5 Å². The SMILES string of the molecule is NC(N/C(=N\Cc1ccccc1)c1cccc2c1oc1cccc(-c3ccc4c(c3)C3(c5ccccc5-c5ccccc53)c3ccccc3-4)c12)c1ccccc1. The van der Waals surface area contributed by atoms with Gasteiger partial charge >= 0.3 is 0 Å². The van der Waals surface area contributed by atoms with Gasteiger partial charge in [-0.05, 0) is 85.0 Å². The summed E-state index contributed by atoms with van der Waals surface area (Å²) in [5.41, 5.74) is 23.7. The molecule has 266 valence electrons. The fourth-order valence-electron chi connectivity index (χ4n) is 9.39. The van der Waals surface area contributed by atoms with Crippen LogP contribution in [0.1, 0.15) is 45.1 Å². The standard InChI is InChI=1S/C52H37N3O/c53-50(34-17-5-2-6-18-34)55-51(54-32-33-15-3-1-4-16-33)42-24-13-23-41-48-36(22-14-28-47(48)56-49(41)42)35-29-30-40-39-21-9-12-27-45(39)52(46(40)31-35)43-25-10-7-19-37(43)38-20-8-11-26-44(38)52/h1-31,50H,32,53H2,(H,54,55). The number of aliphatic imine (C=N–C) groups is 1. The molecule has 4 nitrogen and oxygen atoms in total. The van der Waals surface area contributed by atoms with Crippen LogP contribution >= 0.6 is 0 Å². The molecule has 9 aromatic rings. The molecule has 8 aromatic carbocycles. The predicted molar refractivity (Wildman–Crippen MR) is 229 cm³/mol. The molecule has 1 unspecified atom stereocenters. The Morgan fingerprint density at radius 2 is 1.12 bits per heavy atom. The molecule has 0 radical (unpaired) electrons. The van der Waals surface area contributed by atoms with Gasteiger partial charge in [0.05, 0.1) is 17.5 Å². The predicted octanol–water partition coefficient (Wildman–Crippen LogP) is 11.8. The molecular weight excluding hydrogens is 683 g/mol. The number of nitrogens with two attached hydrogens (primary N) is 1. The lowest BCUT2D eigenvalue weighted by Crippen LogP contribution is -2.35. The molecule has 0 aliphatic heterocycles. The fraction of sp³-hybridized carbons (Fsp3) is 0.0577. The Kier molecular flexibility index (Phi) is 7.41. The molecule has 3 N–H and O–H groups in total. The van der Waals surface area contributed by atoms with Gasteiger partial charge in [-0.15, -0.1) is 0 Å². The highest BCUT2D eigenvalue weighted by Crippen LogP contribution is 2.63. The number of fused-ring (bicyclic) bond motifs is 13. The van der Waals surface area contributed by atoms with Crippen molar-refractivity contribution in [3.8, 4) is 33.4 Å². The summed E-state index contributed by atoms with van der Waals surface area (Å²) in [6.45, 7) is 0.498. The minimum atomic E-state index is -0.463. The number of benzene rings is 8. The molecule has 1 aromatic heterocycles. The fourth-order valence-corrected chi connectivity index (χ4v) is 9.39. The summed E-state index contributed by atoms with van der Waals surface area (Å²) in [6, 6.07) is 67.0. The summed E-state index contributed by atoms with van der Waals surface area (Å²) >= 11 is 0. The van der Waals surface area contributed by atoms with Crippen molar-refractivity contribution in [2.75, 3.05) is 0 Å². The third-order valence-corrected chi connectivity index (χ3v) is 11.8. The van der Waals surface area contributed by atoms with Gasteiger partial charge in [0.15, 0.2) is 0 Å². The Bertz CT molecular complexity index is 2930. The molecule has 0 amide bonds. The number of nitrogens with zero attached hydrogens (tertiary/aromatic N) is 1. The second-order valence-electron chi connectivity index (χ2n) is 14.8. The van der Waals surface area contributed by atoms with Crippen molar-refractivity contribution in [1.82, 2.24) is 5.32 Å². The topological polar surface area (TPSA) is 63.5 Å². The zero-order valence-electron chi connectivity index (χ0n) is 30.6. The van der Waals surface area contributed by atoms with E-state index in [1.54, 1.807) is 0 Å². The summed E-state index contributed by atoms with van der Waals surface area (Å²) in [5.74, 6) is 0.687. The highest BCUT2D eigenvalue weighted by molar-refractivity contribution is 6.18. The van der Waals surface area contributed by atoms with Crippen LogP contribution in [0.5, 0.6) is 0 Å². The molecule has 11 rings (SSSR count). The Balaban J connectivity index is 1.09. The highest BCUT2D eigenvalue weighted by atomic mass is 16.3. The second-order valence-corrected chi connectivity index (χ2v) is 14.8. The van der Waals surface area contributed by atoms with Crippen LogP contribution in [0.2, 0.25) is 0 Å². The molecule has 4 heteroatoms. The van der Waals surface area contributed by atoms with Crippen LogP contribution in [-0.4, -0.2) is 5.84 Å². The lowest BCUT2D eigenvalue weighted by Gasteiger charge is -2.30. The van der Waals surface area contributed by atoms with Crippen LogP contribution in [-0.2, 0) is 12.0 Å². The largest absolute Gasteiger partial charge is 0.455 e. The van der Waals surface area contributed by atoms with Gasteiger partial charge in [0, 0.05) is 10.8 Å². The van der Waals surface area contributed by atoms with Gasteiger partial charge in [-0.1, -0.05) is 170 Å². The smallest absolute Gasteiger partial charge is 0.146 e. The molecule has 1 heterocycles. The zero-order chi connectivity index (χ0) is 37.2. The molecule has 2 aliphatic carbocycles. The van der Waals surface area contributed by atoms with E-state index in [1.807, 2.05) is 48.5 Å². The molecule has 0 bridgehead atoms. The average Bonchev–Trinajstić information content (AvgIpc) is 3.90. The summed E-state index contributed by atoms with van der Waals surface area (Å²) in [5, 5.41) is 5.66. The van der Waals surface area contributed by atoms with E-state index in [2.05, 4.69) is 145 Å². The first-order valence-electron chi connectivity index (χ1n) is 19.2. The van der Waals surface area contributed by atoms with Crippen molar-refractivity contribution in [2.24, 2.45) is 10.7 Å². The molecule has 2 aliphatic rings. The first-order valence-corrected chi connectivity index (χ1v) is 19.2. The number of amidine groups is 1. The van der Waals surface area contributed by atoms with Gasteiger partial charge < -0.3 is 15.5 Å². The van der Waals surface area contributed by atoms with E-state index in [-0.39, 0.29) is 0 Å². The summed E-state index contributed by atoms with van der Waals surface area (Å²) in [4.78, 5) is 5.13. The van der Waals surface area contributed by atoms with E-state index in [4.69, 9.17) is 15.1 Å². The highest BCUT2D eigenvalue weighted by Gasteiger charge is 2.51. The van der Waals surface area contributed by atoms with Gasteiger partial charge in [-0.3, -0.25) is 4.99 Å². The monoisotopic (exact) mass is 719 g/mol. The van der Waals surface area contributed by atoms with Gasteiger partial charge in [0.25, 0.3) is 0 Å². The first kappa shape index (κ1) is 32.4. The quantitative estimate of drug-likeness (QED) is 0.102. The third-order valence-electron chi connectivity index (χ3n) is 11.8. The number of hydrogen-bond donors (Lipinski definition) is 2. The summed E-state index contributed by atoms with van der Waals surface area (Å²) < 4.78 is 6.83. The minimum absolute atomic E-state index is 0.415. The molecule has 1 spiro atoms. The summed E-state index contributed by atoms with van der Waals surface area (Å²) in [7, 11) is 0. The van der Waals surface area contributed by atoms with E-state index in [9.17, 15) is 0 Å². The van der Waals surface area contributed by atoms with Crippen LogP contribution in [0.25, 0.3) is 55.3 Å². The number of para-hydroxylation sites is 1. The third kappa shape index (κ3) is 4.79. The maximum Gasteiger partial charge on any atom is 0.146 e. The van der Waals surface area contributed by atoms with E-state index < -0.39 is 11.6 Å². The molecular formula is C52H37N3O. The molecule has 56 heavy (non-hydrogen) atoms. The van der Waals surface area contributed by atoms with Crippen LogP contribution in [0, 0.1) is 0 Å². The van der Waals surface area contributed by atoms with Crippen LogP contribution in [0.15, 0.2) is 197 Å². The van der Waals surface area contributed by atoms with Gasteiger partial charge in [0.1, 0.15) is 23.2 Å². The van der Waals surface area contributed by atoms with Crippen LogP contribution in [0.4, 0.5) is 0 Å². The van der Waals surface area contributed by atoms with Crippen molar-refractivity contribution < 1.29 is 4.42 Å². The van der Waals surface area contributed by atoms with Crippen LogP contribution in [0.3, 0.4) is 0 Å². The van der Waals surface area contributed by atoms with Crippen LogP contribution < -0.4 is 11.1 Å². The Hall–Kier alpha value is -7.01. The van der Waals surface area contributed by atoms with Gasteiger partial charge in [-0.25, -0.2) is 0 Å². The van der Waals surface area contributed by atoms with Gasteiger partial charge in [0.2, 0.25) is 0 Å². The molecule has 1 atom stereocenters. The normalized spacial score (nSPS) is 14.1. The lowest BCUT2D eigenvalue weighted by atomic mass is 9.70. The lowest BCUT2D eigenvalue weighted by molar-refractivity contribution is 0.661. The van der Waals surface area contributed by atoms with Crippen molar-refractivity contribution in [1.29, 1.82) is 0 Å². The second kappa shape index (κ2) is 12.8. The summed E-state index contributed by atoms with van der Waals surface area (Å²) in [6.07, 6.45) is -0.463. The van der Waals surface area contributed by atoms with Crippen molar-refractivity contribution in [2.45, 2.75) is 18.1 Å². The van der Waals surface area contributed by atoms with Crippen molar-refractivity contribution in [3.63, 3.8) is 0 Å². The van der Waals surface area contributed by atoms with E-state index in [0.29, 0.717) is 12.4 Å². The maximum absolute atomic E-state index is 6.83. The van der Waals surface area contributed by atoms with E-state index in [0.717, 1.165) is 49.8 Å². The maximum atomic E-state index is 6.83. The minimum Gasteiger partial charge on any atom is -0.455 e. The van der Waals surface area contributed by atoms with E-state index >= 15 is 0 Å². The average molecular weight is 720 g/mol. The number of rotatable bonds is 6. The molecule has 0 saturated heterocycles. The first-order chi connectivity index (χ1) is 27.7. The Morgan fingerprint density at radius 3 is 1.80 bits per heavy atom. The van der Waals surface area contributed by atoms with Crippen molar-refractivity contribution in [3.05, 3.63) is 227 Å². The Morgan fingerprint density at radius 1 is 0.554 bits per heavy atom. The molecule has 0 fully saturated rings. The number of nitrogens with one attached hydrogen (secondary N) is 1. The molecule has 0 saturated carbocycles.